The molecule has 0 spiro atoms. The zero-order valence-electron chi connectivity index (χ0n) is 35.0. The van der Waals surface area contributed by atoms with Crippen LogP contribution in [0.2, 0.25) is 0 Å². The Morgan fingerprint density at radius 2 is 1.61 bits per heavy atom. The fourth-order valence-electron chi connectivity index (χ4n) is 6.67. The van der Waals surface area contributed by atoms with Crippen molar-refractivity contribution in [2.45, 2.75) is 58.0 Å². The van der Waals surface area contributed by atoms with Gasteiger partial charge in [0, 0.05) is 49.2 Å². The fraction of sp³-hybridized carbons (Fsp3) is 0.422. The van der Waals surface area contributed by atoms with Crippen LogP contribution in [0.15, 0.2) is 78.9 Å². The molecule has 1 aromatic heterocycles. The second-order valence-electron chi connectivity index (χ2n) is 14.5. The number of nitrogens with zero attached hydrogens (tertiary/aromatic N) is 3. The van der Waals surface area contributed by atoms with E-state index in [1.165, 1.54) is 13.2 Å². The highest BCUT2D eigenvalue weighted by Crippen LogP contribution is 2.33. The van der Waals surface area contributed by atoms with Gasteiger partial charge in [0.15, 0.2) is 11.5 Å². The Labute approximate surface area is 374 Å². The Morgan fingerprint density at radius 3 is 2.32 bits per heavy atom. The predicted octanol–water partition coefficient (Wildman–Crippen LogP) is 9.23. The molecule has 1 fully saturated rings. The van der Waals surface area contributed by atoms with Gasteiger partial charge < -0.3 is 28.5 Å². The molecule has 14 nitrogen and oxygen atoms in total. The molecule has 4 aromatic rings. The van der Waals surface area contributed by atoms with Crippen molar-refractivity contribution < 1.29 is 48.0 Å². The van der Waals surface area contributed by atoms with Gasteiger partial charge in [0.2, 0.25) is 0 Å². The lowest BCUT2D eigenvalue weighted by atomic mass is 9.98. The molecule has 0 amide bonds. The Balaban J connectivity index is 1.08. The summed E-state index contributed by atoms with van der Waals surface area (Å²) in [7, 11) is 4.73. The van der Waals surface area contributed by atoms with E-state index in [-0.39, 0.29) is 42.8 Å². The molecule has 1 unspecified atom stereocenters. The van der Waals surface area contributed by atoms with Gasteiger partial charge >= 0.3 is 17.9 Å². The maximum atomic E-state index is 13.7. The molecule has 17 heteroatoms. The van der Waals surface area contributed by atoms with E-state index in [1.807, 2.05) is 24.3 Å². The molecule has 0 saturated carbocycles. The van der Waals surface area contributed by atoms with Crippen LogP contribution in [0.3, 0.4) is 0 Å². The van der Waals surface area contributed by atoms with Gasteiger partial charge in [-0.05, 0) is 97.8 Å². The number of benzene rings is 3. The summed E-state index contributed by atoms with van der Waals surface area (Å²) in [6, 6.07) is 22.0. The molecule has 0 radical (unpaired) electrons. The van der Waals surface area contributed by atoms with Crippen molar-refractivity contribution in [2.75, 3.05) is 66.2 Å². The topological polar surface area (TPSA) is 156 Å². The SMILES string of the molecule is CCCCC(OC(=O)CN1CCN(CCOc2ccc(-c3cc(=S)ss3)cc2)CC1)c1ccccc1C(=O)Oc1ccc(/C=C/C(=O)OCCCCCCO[N+](=O)[O-])cc1OC. The Hall–Kier alpha value is -5.20. The van der Waals surface area contributed by atoms with Crippen molar-refractivity contribution >= 4 is 56.9 Å². The lowest BCUT2D eigenvalue weighted by Gasteiger charge is -2.34. The molecule has 0 bridgehead atoms. The van der Waals surface area contributed by atoms with Crippen LogP contribution in [-0.4, -0.2) is 99.0 Å². The first-order valence-electron chi connectivity index (χ1n) is 20.7. The van der Waals surface area contributed by atoms with Crippen molar-refractivity contribution in [1.29, 1.82) is 0 Å². The third kappa shape index (κ3) is 15.9. The number of unbranched alkanes of at least 4 members (excludes halogenated alkanes) is 4. The minimum Gasteiger partial charge on any atom is -0.493 e. The Kier molecular flexibility index (Phi) is 19.8. The van der Waals surface area contributed by atoms with Crippen LogP contribution < -0.4 is 14.2 Å². The molecule has 0 aliphatic carbocycles. The van der Waals surface area contributed by atoms with Crippen LogP contribution in [0, 0.1) is 13.9 Å². The summed E-state index contributed by atoms with van der Waals surface area (Å²) in [5, 5.41) is 9.38. The predicted molar refractivity (Wildman–Crippen MR) is 241 cm³/mol. The number of carbonyl (C=O) groups is 3. The molecule has 5 rings (SSSR count). The summed E-state index contributed by atoms with van der Waals surface area (Å²) < 4.78 is 29.6. The summed E-state index contributed by atoms with van der Waals surface area (Å²) in [5.74, 6) is -0.220. The fourth-order valence-corrected chi connectivity index (χ4v) is 9.07. The zero-order chi connectivity index (χ0) is 44.1. The summed E-state index contributed by atoms with van der Waals surface area (Å²) in [4.78, 5) is 59.4. The summed E-state index contributed by atoms with van der Waals surface area (Å²) >= 11 is 5.26. The van der Waals surface area contributed by atoms with Gasteiger partial charge in [0.1, 0.15) is 22.3 Å². The first-order valence-corrected chi connectivity index (χ1v) is 23.3. The third-order valence-electron chi connectivity index (χ3n) is 10.00. The van der Waals surface area contributed by atoms with Crippen molar-refractivity contribution in [2.24, 2.45) is 0 Å². The molecule has 2 heterocycles. The van der Waals surface area contributed by atoms with E-state index in [9.17, 15) is 24.5 Å². The normalized spacial score (nSPS) is 13.6. The Morgan fingerprint density at radius 1 is 0.871 bits per heavy atom. The first kappa shape index (κ1) is 47.8. The van der Waals surface area contributed by atoms with Crippen LogP contribution in [0.1, 0.15) is 79.5 Å². The van der Waals surface area contributed by atoms with Gasteiger partial charge in [-0.3, -0.25) is 14.6 Å². The number of rotatable bonds is 25. The lowest BCUT2D eigenvalue weighted by molar-refractivity contribution is -0.757. The highest BCUT2D eigenvalue weighted by Gasteiger charge is 2.26. The van der Waals surface area contributed by atoms with E-state index in [4.69, 9.17) is 35.9 Å². The monoisotopic (exact) mass is 907 g/mol. The molecular weight excluding hydrogens is 855 g/mol. The van der Waals surface area contributed by atoms with E-state index in [1.54, 1.807) is 63.2 Å². The summed E-state index contributed by atoms with van der Waals surface area (Å²) in [5.41, 5.74) is 2.59. The molecule has 1 aliphatic heterocycles. The van der Waals surface area contributed by atoms with Gasteiger partial charge in [0.25, 0.3) is 5.09 Å². The van der Waals surface area contributed by atoms with E-state index >= 15 is 0 Å². The van der Waals surface area contributed by atoms with Gasteiger partial charge in [-0.25, -0.2) is 9.59 Å². The van der Waals surface area contributed by atoms with E-state index in [2.05, 4.69) is 33.7 Å². The molecule has 1 atom stereocenters. The average Bonchev–Trinajstić information content (AvgIpc) is 3.72. The van der Waals surface area contributed by atoms with Crippen LogP contribution >= 0.6 is 32.9 Å². The van der Waals surface area contributed by atoms with Crippen molar-refractivity contribution in [1.82, 2.24) is 9.80 Å². The molecule has 62 heavy (non-hydrogen) atoms. The highest BCUT2D eigenvalue weighted by molar-refractivity contribution is 7.80. The Bertz CT molecular complexity index is 2150. The number of ether oxygens (including phenoxy) is 5. The minimum absolute atomic E-state index is 0.0472. The summed E-state index contributed by atoms with van der Waals surface area (Å²) in [6.07, 6.45) is 7.06. The zero-order valence-corrected chi connectivity index (χ0v) is 37.5. The molecule has 1 saturated heterocycles. The van der Waals surface area contributed by atoms with Gasteiger partial charge in [-0.15, -0.1) is 10.1 Å². The third-order valence-corrected chi connectivity index (χ3v) is 12.9. The van der Waals surface area contributed by atoms with Gasteiger partial charge in [-0.1, -0.05) is 76.9 Å². The standard InChI is InChI=1S/C45H53N3O11S3/c1-3-4-13-38(58-43(50)32-47-24-22-46(23-25-47)26-29-55-35-18-16-34(17-19-35)41-31-44(60)62-61-41)36-11-7-8-12-37(36)45(51)59-39-20-14-33(30-40(39)54-2)15-21-42(49)56-27-9-5-6-10-28-57-48(52)53/h7-8,11-12,14-21,30-31,38H,3-6,9-10,13,22-29,32H2,1-2H3/b21-15+. The maximum absolute atomic E-state index is 13.7. The van der Waals surface area contributed by atoms with Crippen LogP contribution in [0.25, 0.3) is 16.5 Å². The quantitative estimate of drug-likeness (QED) is 0.00906. The molecule has 1 aliphatic rings. The van der Waals surface area contributed by atoms with E-state index in [0.717, 1.165) is 65.3 Å². The number of hydrogen-bond acceptors (Lipinski definition) is 16. The molecular formula is C45H53N3O11S3. The molecule has 0 N–H and O–H groups in total. The first-order chi connectivity index (χ1) is 30.1. The maximum Gasteiger partial charge on any atom is 0.344 e. The smallest absolute Gasteiger partial charge is 0.344 e. The molecule has 3 aromatic carbocycles. The highest BCUT2D eigenvalue weighted by atomic mass is 32.9. The second-order valence-corrected chi connectivity index (χ2v) is 17.4. The van der Waals surface area contributed by atoms with Crippen molar-refractivity contribution in [3.05, 3.63) is 110 Å². The minimum atomic E-state index is -0.813. The van der Waals surface area contributed by atoms with Crippen LogP contribution in [0.4, 0.5) is 0 Å². The van der Waals surface area contributed by atoms with Crippen LogP contribution in [-0.2, 0) is 23.9 Å². The average molecular weight is 908 g/mol. The van der Waals surface area contributed by atoms with Crippen molar-refractivity contribution in [3.63, 3.8) is 0 Å². The number of piperazine rings is 1. The van der Waals surface area contributed by atoms with Crippen molar-refractivity contribution in [3.8, 4) is 27.7 Å². The lowest BCUT2D eigenvalue weighted by Crippen LogP contribution is -2.49. The van der Waals surface area contributed by atoms with Crippen LogP contribution in [0.5, 0.6) is 17.2 Å². The summed E-state index contributed by atoms with van der Waals surface area (Å²) in [6.45, 7) is 6.85. The van der Waals surface area contributed by atoms with Gasteiger partial charge in [-0.2, -0.15) is 0 Å². The molecule has 332 valence electrons. The van der Waals surface area contributed by atoms with E-state index in [0.29, 0.717) is 50.1 Å². The number of hydrogen-bond donors (Lipinski definition) is 0. The second kappa shape index (κ2) is 25.7. The largest absolute Gasteiger partial charge is 0.493 e. The number of methoxy groups -OCH3 is 1. The number of esters is 3. The van der Waals surface area contributed by atoms with Gasteiger partial charge in [0.05, 0.1) is 32.4 Å². The number of carbonyl (C=O) groups excluding carboxylic acids is 3. The van der Waals surface area contributed by atoms with E-state index < -0.39 is 23.1 Å².